The minimum Gasteiger partial charge on any atom is -0.465 e. The summed E-state index contributed by atoms with van der Waals surface area (Å²) >= 11 is 6.06. The summed E-state index contributed by atoms with van der Waals surface area (Å²) in [7, 11) is 0. The topological polar surface area (TPSA) is 78.6 Å². The highest BCUT2D eigenvalue weighted by Gasteiger charge is 2.24. The van der Waals surface area contributed by atoms with Crippen molar-refractivity contribution in [1.29, 1.82) is 0 Å². The highest BCUT2D eigenvalue weighted by Crippen LogP contribution is 2.32. The van der Waals surface area contributed by atoms with Crippen LogP contribution in [0.15, 0.2) is 12.1 Å². The quantitative estimate of drug-likeness (QED) is 0.744. The molecule has 1 aromatic rings. The van der Waals surface area contributed by atoms with Crippen molar-refractivity contribution < 1.29 is 9.90 Å². The molecule has 19 heavy (non-hydrogen) atoms. The van der Waals surface area contributed by atoms with E-state index in [0.717, 1.165) is 30.8 Å². The molecule has 104 valence electrons. The summed E-state index contributed by atoms with van der Waals surface area (Å²) < 4.78 is 0. The van der Waals surface area contributed by atoms with Crippen LogP contribution in [0.25, 0.3) is 0 Å². The predicted molar refractivity (Wildman–Crippen MR) is 76.9 cm³/mol. The molecule has 0 aliphatic carbocycles. The number of carboxylic acid groups (broad SMARTS) is 1. The van der Waals surface area contributed by atoms with E-state index < -0.39 is 6.09 Å². The fourth-order valence-corrected chi connectivity index (χ4v) is 2.64. The number of benzene rings is 1. The molecule has 1 fully saturated rings. The molecule has 1 aromatic carbocycles. The Kier molecular flexibility index (Phi) is 4.04. The average molecular weight is 284 g/mol. The van der Waals surface area contributed by atoms with E-state index in [9.17, 15) is 4.79 Å². The Balaban J connectivity index is 2.04. The van der Waals surface area contributed by atoms with Crippen molar-refractivity contribution in [2.75, 3.05) is 30.3 Å². The first-order valence-electron chi connectivity index (χ1n) is 6.24. The number of anilines is 2. The molecule has 0 radical (unpaired) electrons. The second kappa shape index (κ2) is 5.57. The van der Waals surface area contributed by atoms with Gasteiger partial charge >= 0.3 is 6.09 Å². The van der Waals surface area contributed by atoms with E-state index in [1.54, 1.807) is 0 Å². The molecule has 1 saturated heterocycles. The van der Waals surface area contributed by atoms with Crippen LogP contribution in [-0.2, 0) is 0 Å². The summed E-state index contributed by atoms with van der Waals surface area (Å²) in [5.41, 5.74) is 8.53. The van der Waals surface area contributed by atoms with Crippen molar-refractivity contribution in [2.24, 2.45) is 5.92 Å². The summed E-state index contributed by atoms with van der Waals surface area (Å²) in [6.07, 6.45) is 0.00648. The molecule has 5 nitrogen and oxygen atoms in total. The second-order valence-corrected chi connectivity index (χ2v) is 5.35. The average Bonchev–Trinajstić information content (AvgIpc) is 2.80. The molecule has 0 spiro atoms. The van der Waals surface area contributed by atoms with Crippen molar-refractivity contribution >= 4 is 29.1 Å². The number of aryl methyl sites for hydroxylation is 1. The molecule has 1 amide bonds. The summed E-state index contributed by atoms with van der Waals surface area (Å²) in [6.45, 7) is 4.24. The molecule has 1 atom stereocenters. The van der Waals surface area contributed by atoms with E-state index in [1.165, 1.54) is 0 Å². The van der Waals surface area contributed by atoms with E-state index in [2.05, 4.69) is 10.2 Å². The van der Waals surface area contributed by atoms with Crippen LogP contribution < -0.4 is 16.0 Å². The Morgan fingerprint density at radius 2 is 2.37 bits per heavy atom. The lowest BCUT2D eigenvalue weighted by Crippen LogP contribution is -2.29. The molecule has 1 aliphatic rings. The SMILES string of the molecule is Cc1cc(N)c(Cl)cc1N1CCC(CNC(=O)O)C1. The first-order valence-corrected chi connectivity index (χ1v) is 6.62. The standard InChI is InChI=1S/C13H18ClN3O2/c1-8-4-11(15)10(14)5-12(8)17-3-2-9(7-17)6-16-13(18)19/h4-5,9,16H,2-3,6-7,15H2,1H3,(H,18,19). The maximum Gasteiger partial charge on any atom is 0.404 e. The predicted octanol–water partition coefficient (Wildman–Crippen LogP) is 2.32. The molecule has 2 rings (SSSR count). The monoisotopic (exact) mass is 283 g/mol. The number of nitrogens with two attached hydrogens (primary N) is 1. The lowest BCUT2D eigenvalue weighted by Gasteiger charge is -2.22. The van der Waals surface area contributed by atoms with Crippen LogP contribution >= 0.6 is 11.6 Å². The van der Waals surface area contributed by atoms with Gasteiger partial charge in [-0.1, -0.05) is 11.6 Å². The Morgan fingerprint density at radius 1 is 1.63 bits per heavy atom. The Morgan fingerprint density at radius 3 is 3.05 bits per heavy atom. The van der Waals surface area contributed by atoms with Crippen LogP contribution in [0.3, 0.4) is 0 Å². The summed E-state index contributed by atoms with van der Waals surface area (Å²) in [6, 6.07) is 3.76. The highest BCUT2D eigenvalue weighted by molar-refractivity contribution is 6.33. The van der Waals surface area contributed by atoms with Crippen molar-refractivity contribution in [3.8, 4) is 0 Å². The third kappa shape index (κ3) is 3.23. The third-order valence-electron chi connectivity index (χ3n) is 3.48. The van der Waals surface area contributed by atoms with Crippen LogP contribution in [0.1, 0.15) is 12.0 Å². The largest absolute Gasteiger partial charge is 0.465 e. The number of nitrogens with zero attached hydrogens (tertiary/aromatic N) is 1. The first-order chi connectivity index (χ1) is 8.97. The fraction of sp³-hybridized carbons (Fsp3) is 0.462. The van der Waals surface area contributed by atoms with Crippen LogP contribution in [-0.4, -0.2) is 30.8 Å². The van der Waals surface area contributed by atoms with Gasteiger partial charge in [-0.25, -0.2) is 4.79 Å². The zero-order valence-electron chi connectivity index (χ0n) is 10.8. The molecule has 0 aromatic heterocycles. The highest BCUT2D eigenvalue weighted by atomic mass is 35.5. The number of nitrogen functional groups attached to an aromatic ring is 1. The van der Waals surface area contributed by atoms with Crippen LogP contribution in [0, 0.1) is 12.8 Å². The number of halogens is 1. The number of hydrogen-bond donors (Lipinski definition) is 3. The Hall–Kier alpha value is -1.62. The van der Waals surface area contributed by atoms with Gasteiger partial charge in [-0.05, 0) is 37.0 Å². The van der Waals surface area contributed by atoms with Gasteiger partial charge in [-0.15, -0.1) is 0 Å². The van der Waals surface area contributed by atoms with E-state index in [4.69, 9.17) is 22.4 Å². The van der Waals surface area contributed by atoms with Crippen molar-refractivity contribution in [2.45, 2.75) is 13.3 Å². The number of carbonyl (C=O) groups is 1. The lowest BCUT2D eigenvalue weighted by atomic mass is 10.1. The molecular weight excluding hydrogens is 266 g/mol. The van der Waals surface area contributed by atoms with Gasteiger partial charge < -0.3 is 21.1 Å². The van der Waals surface area contributed by atoms with E-state index in [1.807, 2.05) is 19.1 Å². The van der Waals surface area contributed by atoms with E-state index in [0.29, 0.717) is 23.2 Å². The fourth-order valence-electron chi connectivity index (χ4n) is 2.48. The van der Waals surface area contributed by atoms with Crippen LogP contribution in [0.2, 0.25) is 5.02 Å². The summed E-state index contributed by atoms with van der Waals surface area (Å²) in [5.74, 6) is 0.340. The molecule has 0 saturated carbocycles. The van der Waals surface area contributed by atoms with Crippen molar-refractivity contribution in [1.82, 2.24) is 5.32 Å². The number of rotatable bonds is 3. The minimum atomic E-state index is -0.967. The van der Waals surface area contributed by atoms with Gasteiger partial charge in [0.25, 0.3) is 0 Å². The van der Waals surface area contributed by atoms with Crippen molar-refractivity contribution in [3.05, 3.63) is 22.7 Å². The van der Waals surface area contributed by atoms with Gasteiger partial charge in [0.1, 0.15) is 0 Å². The molecule has 1 aliphatic heterocycles. The van der Waals surface area contributed by atoms with Gasteiger partial charge in [0, 0.05) is 25.3 Å². The lowest BCUT2D eigenvalue weighted by molar-refractivity contribution is 0.192. The van der Waals surface area contributed by atoms with Crippen LogP contribution in [0.4, 0.5) is 16.2 Å². The zero-order valence-corrected chi connectivity index (χ0v) is 11.6. The minimum absolute atomic E-state index is 0.340. The third-order valence-corrected chi connectivity index (χ3v) is 3.81. The second-order valence-electron chi connectivity index (χ2n) is 4.95. The number of nitrogens with one attached hydrogen (secondary N) is 1. The molecule has 1 heterocycles. The smallest absolute Gasteiger partial charge is 0.404 e. The summed E-state index contributed by atoms with van der Waals surface area (Å²) in [4.78, 5) is 12.7. The molecule has 1 unspecified atom stereocenters. The van der Waals surface area contributed by atoms with Crippen molar-refractivity contribution in [3.63, 3.8) is 0 Å². The molecule has 0 bridgehead atoms. The molecule has 6 heteroatoms. The molecule has 4 N–H and O–H groups in total. The van der Waals surface area contributed by atoms with Crippen LogP contribution in [0.5, 0.6) is 0 Å². The van der Waals surface area contributed by atoms with E-state index >= 15 is 0 Å². The van der Waals surface area contributed by atoms with Gasteiger partial charge in [-0.3, -0.25) is 0 Å². The van der Waals surface area contributed by atoms with Gasteiger partial charge in [0.2, 0.25) is 0 Å². The Labute approximate surface area is 117 Å². The van der Waals surface area contributed by atoms with E-state index in [-0.39, 0.29) is 0 Å². The van der Waals surface area contributed by atoms with Gasteiger partial charge in [0.05, 0.1) is 10.7 Å². The Bertz CT molecular complexity index is 493. The molecular formula is C13H18ClN3O2. The number of amides is 1. The zero-order chi connectivity index (χ0) is 14.0. The van der Waals surface area contributed by atoms with Gasteiger partial charge in [-0.2, -0.15) is 0 Å². The maximum atomic E-state index is 10.5. The van der Waals surface area contributed by atoms with Gasteiger partial charge in [0.15, 0.2) is 0 Å². The maximum absolute atomic E-state index is 10.5. The summed E-state index contributed by atoms with van der Waals surface area (Å²) in [5, 5.41) is 11.6. The first kappa shape index (κ1) is 13.8. The number of hydrogen-bond acceptors (Lipinski definition) is 3. The normalized spacial score (nSPS) is 18.6.